The van der Waals surface area contributed by atoms with Crippen LogP contribution in [0.3, 0.4) is 0 Å². The molecule has 6 nitrogen and oxygen atoms in total. The van der Waals surface area contributed by atoms with Crippen LogP contribution in [0.5, 0.6) is 0 Å². The Morgan fingerprint density at radius 3 is 1.25 bits per heavy atom. The molecule has 0 radical (unpaired) electrons. The molecule has 2 amide bonds. The molecule has 3 rings (SSSR count). The lowest BCUT2D eigenvalue weighted by molar-refractivity contribution is -0.131. The Labute approximate surface area is 144 Å². The molecule has 0 bridgehead atoms. The molecule has 0 aromatic heterocycles. The second-order valence-electron chi connectivity index (χ2n) is 7.61. The Bertz CT molecular complexity index is 383. The lowest BCUT2D eigenvalue weighted by Crippen LogP contribution is -2.47. The molecule has 0 aromatic carbocycles. The minimum atomic E-state index is 0.0998. The van der Waals surface area contributed by atoms with E-state index in [1.807, 2.05) is 0 Å². The van der Waals surface area contributed by atoms with Gasteiger partial charge in [0.15, 0.2) is 0 Å². The molecule has 0 atom stereocenters. The first-order chi connectivity index (χ1) is 11.7. The zero-order valence-corrected chi connectivity index (χ0v) is 14.6. The van der Waals surface area contributed by atoms with Gasteiger partial charge < -0.3 is 21.3 Å². The number of hydrogen-bond acceptors (Lipinski definition) is 4. The number of amides is 2. The average Bonchev–Trinajstić information content (AvgIpc) is 2.63. The number of hydrogen-bond donors (Lipinski definition) is 4. The SMILES string of the molecule is O=C(NC1CCNCC1)C1CCC(C(=O)NC2CCNCC2)CC1. The first-order valence-electron chi connectivity index (χ1n) is 9.74. The standard InChI is InChI=1S/C18H32N4O2/c23-17(21-15-5-9-19-10-6-15)13-1-2-14(4-3-13)18(24)22-16-7-11-20-12-8-16/h13-16,19-20H,1-12H2,(H,21,23)(H,22,24). The molecule has 1 saturated carbocycles. The second-order valence-corrected chi connectivity index (χ2v) is 7.61. The van der Waals surface area contributed by atoms with Crippen molar-refractivity contribution in [1.82, 2.24) is 21.3 Å². The van der Waals surface area contributed by atoms with Crippen LogP contribution in [0.2, 0.25) is 0 Å². The molecular formula is C18H32N4O2. The predicted octanol–water partition coefficient (Wildman–Crippen LogP) is 0.529. The van der Waals surface area contributed by atoms with Crippen molar-refractivity contribution in [2.24, 2.45) is 11.8 Å². The van der Waals surface area contributed by atoms with E-state index in [1.54, 1.807) is 0 Å². The van der Waals surface area contributed by atoms with Crippen molar-refractivity contribution >= 4 is 11.8 Å². The van der Waals surface area contributed by atoms with Gasteiger partial charge in [0, 0.05) is 23.9 Å². The van der Waals surface area contributed by atoms with Gasteiger partial charge in [-0.15, -0.1) is 0 Å². The third-order valence-corrected chi connectivity index (χ3v) is 5.84. The van der Waals surface area contributed by atoms with Crippen molar-refractivity contribution in [2.75, 3.05) is 26.2 Å². The van der Waals surface area contributed by atoms with Crippen LogP contribution in [0.1, 0.15) is 51.4 Å². The normalized spacial score (nSPS) is 29.8. The number of nitrogens with one attached hydrogen (secondary N) is 4. The van der Waals surface area contributed by atoms with E-state index < -0.39 is 0 Å². The zero-order chi connectivity index (χ0) is 16.8. The van der Waals surface area contributed by atoms with Crippen molar-refractivity contribution in [2.45, 2.75) is 63.5 Å². The van der Waals surface area contributed by atoms with Gasteiger partial charge in [-0.2, -0.15) is 0 Å². The van der Waals surface area contributed by atoms with E-state index in [9.17, 15) is 9.59 Å². The van der Waals surface area contributed by atoms with E-state index in [0.717, 1.165) is 77.5 Å². The zero-order valence-electron chi connectivity index (χ0n) is 14.6. The highest BCUT2D eigenvalue weighted by Crippen LogP contribution is 2.29. The quantitative estimate of drug-likeness (QED) is 0.604. The van der Waals surface area contributed by atoms with Crippen LogP contribution < -0.4 is 21.3 Å². The highest BCUT2D eigenvalue weighted by Gasteiger charge is 2.31. The fourth-order valence-electron chi connectivity index (χ4n) is 4.19. The van der Waals surface area contributed by atoms with Gasteiger partial charge >= 0.3 is 0 Å². The van der Waals surface area contributed by atoms with Gasteiger partial charge in [-0.05, 0) is 77.5 Å². The molecule has 0 spiro atoms. The van der Waals surface area contributed by atoms with Crippen LogP contribution >= 0.6 is 0 Å². The van der Waals surface area contributed by atoms with E-state index in [4.69, 9.17) is 0 Å². The maximum atomic E-state index is 12.4. The number of piperidine rings is 2. The summed E-state index contributed by atoms with van der Waals surface area (Å²) in [7, 11) is 0. The minimum Gasteiger partial charge on any atom is -0.353 e. The van der Waals surface area contributed by atoms with Crippen LogP contribution in [-0.2, 0) is 9.59 Å². The first kappa shape index (κ1) is 17.7. The molecule has 24 heavy (non-hydrogen) atoms. The van der Waals surface area contributed by atoms with Gasteiger partial charge in [-0.3, -0.25) is 9.59 Å². The molecule has 2 heterocycles. The number of carbonyl (C=O) groups is 2. The summed E-state index contributed by atoms with van der Waals surface area (Å²) in [6, 6.07) is 0.666. The summed E-state index contributed by atoms with van der Waals surface area (Å²) in [5.74, 6) is 0.615. The van der Waals surface area contributed by atoms with Gasteiger partial charge in [-0.25, -0.2) is 0 Å². The fourth-order valence-corrected chi connectivity index (χ4v) is 4.19. The van der Waals surface area contributed by atoms with E-state index in [1.165, 1.54) is 0 Å². The Morgan fingerprint density at radius 2 is 0.917 bits per heavy atom. The number of rotatable bonds is 4. The van der Waals surface area contributed by atoms with Crippen molar-refractivity contribution in [3.63, 3.8) is 0 Å². The monoisotopic (exact) mass is 336 g/mol. The lowest BCUT2D eigenvalue weighted by atomic mass is 9.80. The van der Waals surface area contributed by atoms with E-state index in [-0.39, 0.29) is 23.7 Å². The second kappa shape index (κ2) is 8.81. The maximum Gasteiger partial charge on any atom is 0.223 e. The van der Waals surface area contributed by atoms with Crippen molar-refractivity contribution < 1.29 is 9.59 Å². The summed E-state index contributed by atoms with van der Waals surface area (Å²) < 4.78 is 0. The summed E-state index contributed by atoms with van der Waals surface area (Å²) in [5, 5.41) is 13.1. The van der Waals surface area contributed by atoms with Gasteiger partial charge in [0.05, 0.1) is 0 Å². The summed E-state index contributed by atoms with van der Waals surface area (Å²) >= 11 is 0. The minimum absolute atomic E-state index is 0.0998. The Morgan fingerprint density at radius 1 is 0.583 bits per heavy atom. The van der Waals surface area contributed by atoms with E-state index >= 15 is 0 Å². The summed E-state index contributed by atoms with van der Waals surface area (Å²) in [5.41, 5.74) is 0. The Balaban J connectivity index is 1.38. The average molecular weight is 336 g/mol. The molecule has 0 unspecified atom stereocenters. The molecule has 2 aliphatic heterocycles. The molecular weight excluding hydrogens is 304 g/mol. The summed E-state index contributed by atoms with van der Waals surface area (Å²) in [6.07, 6.45) is 7.50. The molecule has 4 N–H and O–H groups in total. The number of carbonyl (C=O) groups excluding carboxylic acids is 2. The van der Waals surface area contributed by atoms with Crippen LogP contribution in [0, 0.1) is 11.8 Å². The highest BCUT2D eigenvalue weighted by molar-refractivity contribution is 5.81. The first-order valence-corrected chi connectivity index (χ1v) is 9.74. The van der Waals surface area contributed by atoms with Crippen molar-refractivity contribution in [3.8, 4) is 0 Å². The molecule has 2 saturated heterocycles. The topological polar surface area (TPSA) is 82.3 Å². The van der Waals surface area contributed by atoms with Crippen LogP contribution in [0.25, 0.3) is 0 Å². The predicted molar refractivity (Wildman–Crippen MR) is 93.5 cm³/mol. The van der Waals surface area contributed by atoms with E-state index in [2.05, 4.69) is 21.3 Å². The molecule has 1 aliphatic carbocycles. The lowest BCUT2D eigenvalue weighted by Gasteiger charge is -2.31. The third-order valence-electron chi connectivity index (χ3n) is 5.84. The highest BCUT2D eigenvalue weighted by atomic mass is 16.2. The molecule has 0 aromatic rings. The molecule has 136 valence electrons. The smallest absolute Gasteiger partial charge is 0.223 e. The van der Waals surface area contributed by atoms with Gasteiger partial charge in [0.1, 0.15) is 0 Å². The molecule has 3 aliphatic rings. The Kier molecular flexibility index (Phi) is 6.49. The van der Waals surface area contributed by atoms with Gasteiger partial charge in [0.25, 0.3) is 0 Å². The van der Waals surface area contributed by atoms with Gasteiger partial charge in [-0.1, -0.05) is 0 Å². The third kappa shape index (κ3) is 4.93. The Hall–Kier alpha value is -1.14. The fraction of sp³-hybridized carbons (Fsp3) is 0.889. The molecule has 3 fully saturated rings. The van der Waals surface area contributed by atoms with Crippen LogP contribution in [0.15, 0.2) is 0 Å². The van der Waals surface area contributed by atoms with Crippen LogP contribution in [-0.4, -0.2) is 50.1 Å². The molecule has 6 heteroatoms. The maximum absolute atomic E-state index is 12.4. The summed E-state index contributed by atoms with van der Waals surface area (Å²) in [6.45, 7) is 3.98. The van der Waals surface area contributed by atoms with E-state index in [0.29, 0.717) is 12.1 Å². The van der Waals surface area contributed by atoms with Crippen LogP contribution in [0.4, 0.5) is 0 Å². The van der Waals surface area contributed by atoms with Crippen molar-refractivity contribution in [3.05, 3.63) is 0 Å². The van der Waals surface area contributed by atoms with Gasteiger partial charge in [0.2, 0.25) is 11.8 Å². The van der Waals surface area contributed by atoms with Crippen molar-refractivity contribution in [1.29, 1.82) is 0 Å². The summed E-state index contributed by atoms with van der Waals surface area (Å²) in [4.78, 5) is 24.8. The largest absolute Gasteiger partial charge is 0.353 e.